The van der Waals surface area contributed by atoms with E-state index in [0.29, 0.717) is 23.7 Å². The van der Waals surface area contributed by atoms with Crippen LogP contribution in [0, 0.1) is 12.7 Å². The van der Waals surface area contributed by atoms with Crippen molar-refractivity contribution in [2.24, 2.45) is 0 Å². The molecule has 1 spiro atoms. The van der Waals surface area contributed by atoms with Gasteiger partial charge in [-0.3, -0.25) is 9.59 Å². The van der Waals surface area contributed by atoms with Gasteiger partial charge in [-0.05, 0) is 68.8 Å². The minimum absolute atomic E-state index is 0.157. The van der Waals surface area contributed by atoms with Gasteiger partial charge in [-0.2, -0.15) is 0 Å². The lowest BCUT2D eigenvalue weighted by Gasteiger charge is -2.33. The summed E-state index contributed by atoms with van der Waals surface area (Å²) in [5.74, 6) is -0.689. The van der Waals surface area contributed by atoms with Crippen molar-refractivity contribution >= 4 is 40.9 Å². The van der Waals surface area contributed by atoms with Crippen molar-refractivity contribution in [3.63, 3.8) is 0 Å². The summed E-state index contributed by atoms with van der Waals surface area (Å²) in [6.45, 7) is 6.81. The van der Waals surface area contributed by atoms with Gasteiger partial charge < -0.3 is 9.80 Å². The van der Waals surface area contributed by atoms with Crippen molar-refractivity contribution in [2.75, 3.05) is 11.4 Å². The normalized spacial score (nSPS) is 20.8. The molecule has 0 bridgehead atoms. The number of hydrogen-bond donors (Lipinski definition) is 0. The number of carbonyl (C=O) groups is 2. The summed E-state index contributed by atoms with van der Waals surface area (Å²) in [4.78, 5) is 30.3. The van der Waals surface area contributed by atoms with Crippen molar-refractivity contribution in [3.8, 4) is 0 Å². The molecule has 0 saturated carbocycles. The summed E-state index contributed by atoms with van der Waals surface area (Å²) in [5.41, 5.74) is 3.91. The van der Waals surface area contributed by atoms with Gasteiger partial charge in [0.15, 0.2) is 4.87 Å². The highest BCUT2D eigenvalue weighted by atomic mass is 35.5. The molecule has 5 rings (SSSR count). The number of nitrogens with zero attached hydrogens (tertiary/aromatic N) is 2. The van der Waals surface area contributed by atoms with E-state index in [-0.39, 0.29) is 22.4 Å². The van der Waals surface area contributed by atoms with Crippen LogP contribution in [0.1, 0.15) is 40.9 Å². The molecule has 2 amide bonds. The number of amides is 2. The summed E-state index contributed by atoms with van der Waals surface area (Å²) in [5, 5.41) is 0.547. The van der Waals surface area contributed by atoms with Crippen molar-refractivity contribution in [1.29, 1.82) is 0 Å². The monoisotopic (exact) mass is 494 g/mol. The van der Waals surface area contributed by atoms with Crippen LogP contribution < -0.4 is 4.90 Å². The van der Waals surface area contributed by atoms with Crippen LogP contribution in [-0.4, -0.2) is 28.0 Å². The van der Waals surface area contributed by atoms with E-state index in [1.54, 1.807) is 46.2 Å². The van der Waals surface area contributed by atoms with Crippen LogP contribution in [-0.2, 0) is 16.2 Å². The number of carbonyl (C=O) groups excluding carboxylic acids is 2. The number of aryl methyl sites for hydroxylation is 1. The quantitative estimate of drug-likeness (QED) is 0.438. The first kappa shape index (κ1) is 22.9. The highest BCUT2D eigenvalue weighted by Gasteiger charge is 2.63. The van der Waals surface area contributed by atoms with Gasteiger partial charge in [0, 0.05) is 27.4 Å². The van der Waals surface area contributed by atoms with Crippen molar-refractivity contribution in [2.45, 2.75) is 36.9 Å². The Labute approximate surface area is 207 Å². The lowest BCUT2D eigenvalue weighted by molar-refractivity contribution is -0.123. The smallest absolute Gasteiger partial charge is 0.268 e. The molecule has 34 heavy (non-hydrogen) atoms. The largest absolute Gasteiger partial charge is 0.310 e. The van der Waals surface area contributed by atoms with Crippen LogP contribution in [0.2, 0.25) is 5.02 Å². The first-order valence-electron chi connectivity index (χ1n) is 11.1. The highest BCUT2D eigenvalue weighted by molar-refractivity contribution is 8.02. The van der Waals surface area contributed by atoms with E-state index >= 15 is 0 Å². The zero-order valence-electron chi connectivity index (χ0n) is 19.1. The molecular formula is C27H24ClFN2O2S. The van der Waals surface area contributed by atoms with Gasteiger partial charge in [0.1, 0.15) is 5.82 Å². The lowest BCUT2D eigenvalue weighted by atomic mass is 10.0. The Morgan fingerprint density at radius 2 is 1.74 bits per heavy atom. The summed E-state index contributed by atoms with van der Waals surface area (Å²) in [6, 6.07) is 18.8. The molecule has 3 aromatic rings. The first-order chi connectivity index (χ1) is 16.1. The third-order valence-corrected chi connectivity index (χ3v) is 8.12. The molecule has 174 valence electrons. The fraction of sp³-hybridized carbons (Fsp3) is 0.259. The predicted octanol–water partition coefficient (Wildman–Crippen LogP) is 6.15. The van der Waals surface area contributed by atoms with E-state index in [1.165, 1.54) is 23.9 Å². The molecule has 0 unspecified atom stereocenters. The minimum atomic E-state index is -1.18. The first-order valence-corrected chi connectivity index (χ1v) is 12.3. The molecule has 3 aromatic carbocycles. The van der Waals surface area contributed by atoms with E-state index in [9.17, 15) is 14.0 Å². The Kier molecular flexibility index (Phi) is 5.49. The molecular weight excluding hydrogens is 471 g/mol. The second kappa shape index (κ2) is 8.14. The maximum atomic E-state index is 14.3. The third kappa shape index (κ3) is 3.69. The number of hydrogen-bond acceptors (Lipinski definition) is 3. The predicted molar refractivity (Wildman–Crippen MR) is 135 cm³/mol. The fourth-order valence-corrected chi connectivity index (χ4v) is 6.64. The number of benzene rings is 3. The number of anilines is 1. The zero-order chi connectivity index (χ0) is 24.3. The Balaban J connectivity index is 1.64. The Bertz CT molecular complexity index is 1290. The fourth-order valence-electron chi connectivity index (χ4n) is 4.80. The zero-order valence-corrected chi connectivity index (χ0v) is 20.7. The molecule has 1 saturated heterocycles. The SMILES string of the molecule is Cc1ccc2c(c1)[C@@]1(SC(C)(C)CN1C(=O)c1ccc(Cl)cc1)C(=O)N2Cc1ccc(F)cc1. The number of thioether (sulfide) groups is 1. The van der Waals surface area contributed by atoms with Gasteiger partial charge in [0.05, 0.1) is 12.2 Å². The van der Waals surface area contributed by atoms with Crippen molar-refractivity contribution in [3.05, 3.63) is 99.8 Å². The van der Waals surface area contributed by atoms with Gasteiger partial charge in [-0.15, -0.1) is 11.8 Å². The van der Waals surface area contributed by atoms with Gasteiger partial charge in [0.2, 0.25) is 0 Å². The number of rotatable bonds is 3. The summed E-state index contributed by atoms with van der Waals surface area (Å²) in [7, 11) is 0. The van der Waals surface area contributed by atoms with Crippen molar-refractivity contribution in [1.82, 2.24) is 4.90 Å². The molecule has 4 nitrogen and oxygen atoms in total. The van der Waals surface area contributed by atoms with E-state index in [4.69, 9.17) is 11.6 Å². The van der Waals surface area contributed by atoms with E-state index < -0.39 is 4.87 Å². The van der Waals surface area contributed by atoms with Crippen LogP contribution in [0.25, 0.3) is 0 Å². The molecule has 1 fully saturated rings. The molecule has 0 aliphatic carbocycles. The van der Waals surface area contributed by atoms with Crippen LogP contribution in [0.3, 0.4) is 0 Å². The summed E-state index contributed by atoms with van der Waals surface area (Å²) in [6.07, 6.45) is 0. The molecule has 0 N–H and O–H groups in total. The van der Waals surface area contributed by atoms with Crippen LogP contribution in [0.5, 0.6) is 0 Å². The van der Waals surface area contributed by atoms with Gasteiger partial charge in [-0.25, -0.2) is 4.39 Å². The Morgan fingerprint density at radius 1 is 1.06 bits per heavy atom. The second-order valence-electron chi connectivity index (χ2n) is 9.44. The summed E-state index contributed by atoms with van der Waals surface area (Å²) < 4.78 is 13.1. The molecule has 1 atom stereocenters. The standard InChI is InChI=1S/C27H24ClFN2O2S/c1-17-4-13-23-22(14-17)27(25(33)30(23)15-18-5-11-21(29)12-6-18)31(16-26(2,3)34-27)24(32)19-7-9-20(28)10-8-19/h4-14H,15-16H2,1-3H3/t27-/m1/s1. The maximum absolute atomic E-state index is 14.3. The lowest BCUT2D eigenvalue weighted by Crippen LogP contribution is -2.50. The average molecular weight is 495 g/mol. The van der Waals surface area contributed by atoms with E-state index in [2.05, 4.69) is 13.8 Å². The van der Waals surface area contributed by atoms with Gasteiger partial charge >= 0.3 is 0 Å². The summed E-state index contributed by atoms with van der Waals surface area (Å²) >= 11 is 7.56. The van der Waals surface area contributed by atoms with Crippen LogP contribution >= 0.6 is 23.4 Å². The van der Waals surface area contributed by atoms with Crippen LogP contribution in [0.4, 0.5) is 10.1 Å². The molecule has 2 aliphatic heterocycles. The van der Waals surface area contributed by atoms with Gasteiger partial charge in [-0.1, -0.05) is 41.4 Å². The second-order valence-corrected chi connectivity index (χ2v) is 11.8. The number of fused-ring (bicyclic) bond motifs is 2. The molecule has 0 aromatic heterocycles. The Hall–Kier alpha value is -2.83. The molecule has 7 heteroatoms. The molecule has 2 heterocycles. The maximum Gasteiger partial charge on any atom is 0.268 e. The highest BCUT2D eigenvalue weighted by Crippen LogP contribution is 2.60. The van der Waals surface area contributed by atoms with Gasteiger partial charge in [0.25, 0.3) is 11.8 Å². The third-order valence-electron chi connectivity index (χ3n) is 6.28. The van der Waals surface area contributed by atoms with Crippen molar-refractivity contribution < 1.29 is 14.0 Å². The van der Waals surface area contributed by atoms with E-state index in [0.717, 1.165) is 22.4 Å². The average Bonchev–Trinajstić information content (AvgIpc) is 3.21. The topological polar surface area (TPSA) is 40.6 Å². The Morgan fingerprint density at radius 3 is 2.41 bits per heavy atom. The van der Waals surface area contributed by atoms with Crippen LogP contribution in [0.15, 0.2) is 66.7 Å². The van der Waals surface area contributed by atoms with E-state index in [1.807, 2.05) is 25.1 Å². The minimum Gasteiger partial charge on any atom is -0.310 e. The molecule has 2 aliphatic rings. The number of halogens is 2. The molecule has 0 radical (unpaired) electrons.